The largest absolute Gasteiger partial charge is 0.487 e. The highest BCUT2D eigenvalue weighted by Crippen LogP contribution is 2.35. The highest BCUT2D eigenvalue weighted by Gasteiger charge is 2.15. The summed E-state index contributed by atoms with van der Waals surface area (Å²) in [7, 11) is 0. The van der Waals surface area contributed by atoms with Crippen LogP contribution in [0.15, 0.2) is 74.7 Å². The average Bonchev–Trinajstić information content (AvgIpc) is 3.45. The molecule has 1 amide bonds. The fourth-order valence-corrected chi connectivity index (χ4v) is 5.06. The van der Waals surface area contributed by atoms with Gasteiger partial charge in [-0.2, -0.15) is 5.10 Å². The Balaban J connectivity index is 1.23. The molecule has 1 N–H and O–H groups in total. The maximum Gasteiger partial charge on any atom is 0.307 e. The summed E-state index contributed by atoms with van der Waals surface area (Å²) >= 11 is 5.76. The molecule has 0 fully saturated rings. The number of ether oxygens (including phenoxy) is 3. The highest BCUT2D eigenvalue weighted by molar-refractivity contribution is 14.1. The van der Waals surface area contributed by atoms with Gasteiger partial charge in [-0.25, -0.2) is 5.43 Å². The van der Waals surface area contributed by atoms with E-state index in [1.54, 1.807) is 12.3 Å². The van der Waals surface area contributed by atoms with Gasteiger partial charge in [0.2, 0.25) is 6.79 Å². The van der Waals surface area contributed by atoms with E-state index >= 15 is 0 Å². The monoisotopic (exact) mass is 618 g/mol. The number of fused-ring (bicyclic) bond motifs is 2. The molecule has 33 heavy (non-hydrogen) atoms. The van der Waals surface area contributed by atoms with Crippen LogP contribution in [0.4, 0.5) is 0 Å². The summed E-state index contributed by atoms with van der Waals surface area (Å²) in [6.07, 6.45) is 1.56. The number of rotatable bonds is 6. The van der Waals surface area contributed by atoms with Crippen LogP contribution >= 0.6 is 38.5 Å². The van der Waals surface area contributed by atoms with E-state index in [2.05, 4.69) is 49.0 Å². The molecule has 166 valence electrons. The molecule has 0 spiro atoms. The maximum absolute atomic E-state index is 12.3. The van der Waals surface area contributed by atoms with Crippen molar-refractivity contribution in [2.75, 3.05) is 6.79 Å². The predicted molar refractivity (Wildman–Crippen MR) is 135 cm³/mol. The fourth-order valence-electron chi connectivity index (χ4n) is 3.29. The number of carbonyl (C=O) groups excluding carboxylic acids is 1. The van der Waals surface area contributed by atoms with Gasteiger partial charge in [-0.15, -0.1) is 0 Å². The van der Waals surface area contributed by atoms with Gasteiger partial charge in [0, 0.05) is 5.39 Å². The van der Waals surface area contributed by atoms with Crippen LogP contribution in [0.2, 0.25) is 0 Å². The van der Waals surface area contributed by atoms with Crippen molar-refractivity contribution in [1.82, 2.24) is 5.43 Å². The zero-order chi connectivity index (χ0) is 22.8. The molecule has 0 aliphatic carbocycles. The summed E-state index contributed by atoms with van der Waals surface area (Å²) in [5.41, 5.74) is 4.92. The molecule has 0 radical (unpaired) electrons. The lowest BCUT2D eigenvalue weighted by molar-refractivity contribution is 0.0929. The number of hydrazone groups is 1. The average molecular weight is 619 g/mol. The molecule has 0 unspecified atom stereocenters. The number of furan rings is 1. The second-order valence-corrected chi connectivity index (χ2v) is 9.15. The number of hydrogen-bond donors (Lipinski definition) is 1. The van der Waals surface area contributed by atoms with Crippen molar-refractivity contribution < 1.29 is 23.4 Å². The predicted octanol–water partition coefficient (Wildman–Crippen LogP) is 5.87. The number of nitrogens with one attached hydrogen (secondary N) is 1. The summed E-state index contributed by atoms with van der Waals surface area (Å²) in [6.45, 7) is 0.622. The summed E-state index contributed by atoms with van der Waals surface area (Å²) in [4.78, 5) is 12.3. The topological polar surface area (TPSA) is 82.3 Å². The van der Waals surface area contributed by atoms with Crippen LogP contribution < -0.4 is 19.6 Å². The van der Waals surface area contributed by atoms with E-state index in [-0.39, 0.29) is 12.6 Å². The molecule has 0 saturated carbocycles. The number of halogens is 2. The Morgan fingerprint density at radius 3 is 2.82 bits per heavy atom. The first-order valence-corrected chi connectivity index (χ1v) is 11.8. The van der Waals surface area contributed by atoms with Gasteiger partial charge in [0.05, 0.1) is 14.3 Å². The SMILES string of the molecule is O=C(N/N=C/c1cc(Br)c(OCc2ccc3c(c2)OCO3)c(I)c1)c1cc2ccccc2o1. The molecule has 1 aliphatic rings. The third kappa shape index (κ3) is 4.83. The molecular formula is C24H16BrIN2O5. The second kappa shape index (κ2) is 9.44. The third-order valence-corrected chi connectivity index (χ3v) is 6.26. The number of amides is 1. The van der Waals surface area contributed by atoms with Gasteiger partial charge in [-0.3, -0.25) is 4.79 Å². The van der Waals surface area contributed by atoms with Crippen LogP contribution in [0.25, 0.3) is 11.0 Å². The Hall–Kier alpha value is -3.05. The first kappa shape index (κ1) is 21.8. The van der Waals surface area contributed by atoms with E-state index in [9.17, 15) is 4.79 Å². The number of benzene rings is 3. The Morgan fingerprint density at radius 1 is 1.12 bits per heavy atom. The molecule has 7 nitrogen and oxygen atoms in total. The van der Waals surface area contributed by atoms with Crippen molar-refractivity contribution in [3.8, 4) is 17.2 Å². The first-order valence-electron chi connectivity index (χ1n) is 9.89. The molecule has 1 aliphatic heterocycles. The molecule has 0 bridgehead atoms. The van der Waals surface area contributed by atoms with Gasteiger partial charge in [-0.1, -0.05) is 24.3 Å². The summed E-state index contributed by atoms with van der Waals surface area (Å²) in [6, 6.07) is 18.6. The molecule has 3 aromatic carbocycles. The minimum absolute atomic E-state index is 0.205. The van der Waals surface area contributed by atoms with E-state index < -0.39 is 5.91 Å². The Kier molecular flexibility index (Phi) is 6.23. The van der Waals surface area contributed by atoms with Crippen LogP contribution in [0, 0.1) is 3.57 Å². The molecule has 5 rings (SSSR count). The Labute approximate surface area is 211 Å². The van der Waals surface area contributed by atoms with Crippen molar-refractivity contribution in [3.05, 3.63) is 85.6 Å². The Bertz CT molecular complexity index is 1330. The third-order valence-electron chi connectivity index (χ3n) is 4.87. The van der Waals surface area contributed by atoms with Crippen molar-refractivity contribution in [1.29, 1.82) is 0 Å². The molecule has 1 aromatic heterocycles. The van der Waals surface area contributed by atoms with E-state index in [4.69, 9.17) is 18.6 Å². The van der Waals surface area contributed by atoms with Crippen molar-refractivity contribution in [2.24, 2.45) is 5.10 Å². The van der Waals surface area contributed by atoms with Crippen LogP contribution in [-0.2, 0) is 6.61 Å². The van der Waals surface area contributed by atoms with Gasteiger partial charge < -0.3 is 18.6 Å². The Morgan fingerprint density at radius 2 is 1.97 bits per heavy atom. The molecule has 0 atom stereocenters. The van der Waals surface area contributed by atoms with Gasteiger partial charge in [0.15, 0.2) is 17.3 Å². The van der Waals surface area contributed by atoms with E-state index in [0.717, 1.165) is 41.8 Å². The van der Waals surface area contributed by atoms with E-state index in [1.165, 1.54) is 0 Å². The number of hydrogen-bond acceptors (Lipinski definition) is 6. The second-order valence-electron chi connectivity index (χ2n) is 7.14. The summed E-state index contributed by atoms with van der Waals surface area (Å²) in [5.74, 6) is 1.97. The quantitative estimate of drug-likeness (QED) is 0.166. The molecule has 2 heterocycles. The summed E-state index contributed by atoms with van der Waals surface area (Å²) < 4.78 is 24.0. The molecule has 0 saturated heterocycles. The number of carbonyl (C=O) groups is 1. The van der Waals surface area contributed by atoms with Crippen molar-refractivity contribution in [3.63, 3.8) is 0 Å². The van der Waals surface area contributed by atoms with Gasteiger partial charge >= 0.3 is 5.91 Å². The minimum Gasteiger partial charge on any atom is -0.487 e. The minimum atomic E-state index is -0.417. The van der Waals surface area contributed by atoms with E-state index in [0.29, 0.717) is 12.2 Å². The maximum atomic E-state index is 12.3. The first-order chi connectivity index (χ1) is 16.1. The lowest BCUT2D eigenvalue weighted by atomic mass is 10.2. The molecule has 9 heteroatoms. The normalized spacial score (nSPS) is 12.4. The van der Waals surface area contributed by atoms with Gasteiger partial charge in [0.25, 0.3) is 0 Å². The molecule has 4 aromatic rings. The number of para-hydroxylation sites is 1. The van der Waals surface area contributed by atoms with E-state index in [1.807, 2.05) is 54.6 Å². The summed E-state index contributed by atoms with van der Waals surface area (Å²) in [5, 5.41) is 4.91. The van der Waals surface area contributed by atoms with Gasteiger partial charge in [0.1, 0.15) is 17.9 Å². The standard InChI is InChI=1S/C24H16BrIN2O5/c25-17-7-15(11-27-28-24(29)22-10-16-3-1-2-4-19(16)33-22)8-18(26)23(17)30-12-14-5-6-20-21(9-14)32-13-31-20/h1-11H,12-13H2,(H,28,29)/b27-11+. The lowest BCUT2D eigenvalue weighted by Gasteiger charge is -2.12. The van der Waals surface area contributed by atoms with Crippen LogP contribution in [0.5, 0.6) is 17.2 Å². The van der Waals surface area contributed by atoms with Crippen LogP contribution in [0.1, 0.15) is 21.7 Å². The van der Waals surface area contributed by atoms with Crippen LogP contribution in [0.3, 0.4) is 0 Å². The lowest BCUT2D eigenvalue weighted by Crippen LogP contribution is -2.16. The fraction of sp³-hybridized carbons (Fsp3) is 0.0833. The van der Waals surface area contributed by atoms with Crippen molar-refractivity contribution >= 4 is 61.6 Å². The van der Waals surface area contributed by atoms with Crippen LogP contribution in [-0.4, -0.2) is 18.9 Å². The van der Waals surface area contributed by atoms with Crippen molar-refractivity contribution in [2.45, 2.75) is 6.61 Å². The highest BCUT2D eigenvalue weighted by atomic mass is 127. The smallest absolute Gasteiger partial charge is 0.307 e. The molecular weight excluding hydrogens is 603 g/mol. The number of nitrogens with zero attached hydrogens (tertiary/aromatic N) is 1. The zero-order valence-electron chi connectivity index (χ0n) is 17.0. The zero-order valence-corrected chi connectivity index (χ0v) is 20.8. The van der Waals surface area contributed by atoms with Gasteiger partial charge in [-0.05, 0) is 86.0 Å².